The van der Waals surface area contributed by atoms with E-state index < -0.39 is 153 Å². The Hall–Kier alpha value is -1.55. The van der Waals surface area contributed by atoms with E-state index in [2.05, 4.69) is 40.7 Å². The summed E-state index contributed by atoms with van der Waals surface area (Å²) in [5.74, 6) is -0.216. The summed E-state index contributed by atoms with van der Waals surface area (Å²) < 4.78 is 48.8. The van der Waals surface area contributed by atoms with Crippen molar-refractivity contribution < 1.29 is 104 Å². The van der Waals surface area contributed by atoms with Crippen LogP contribution in [0, 0.1) is 44.8 Å². The van der Waals surface area contributed by atoms with Crippen molar-refractivity contribution >= 4 is 5.97 Å². The molecule has 4 heterocycles. The second-order valence-electron chi connectivity index (χ2n) is 24.2. The zero-order chi connectivity index (χ0) is 52.2. The van der Waals surface area contributed by atoms with Crippen molar-refractivity contribution in [2.24, 2.45) is 44.8 Å². The Kier molecular flexibility index (Phi) is 15.6. The number of carbonyl (C=O) groups is 1. The largest absolute Gasteiger partial charge is 0.432 e. The van der Waals surface area contributed by atoms with Crippen LogP contribution in [0.2, 0.25) is 0 Å². The van der Waals surface area contributed by atoms with Crippen LogP contribution in [-0.2, 0) is 42.7 Å². The van der Waals surface area contributed by atoms with Gasteiger partial charge in [0.05, 0.1) is 37.4 Å². The number of aliphatic hydroxyl groups excluding tert-OH is 12. The smallest absolute Gasteiger partial charge is 0.315 e. The molecular weight excluding hydrogens is 949 g/mol. The number of carbonyl (C=O) groups excluding carboxylic acids is 1. The maximum Gasteiger partial charge on any atom is 0.315 e. The van der Waals surface area contributed by atoms with Crippen LogP contribution in [0.15, 0.2) is 11.6 Å². The fourth-order valence-electron chi connectivity index (χ4n) is 15.9. The van der Waals surface area contributed by atoms with Gasteiger partial charge in [-0.3, -0.25) is 4.79 Å². The van der Waals surface area contributed by atoms with Crippen LogP contribution in [0.25, 0.3) is 0 Å². The summed E-state index contributed by atoms with van der Waals surface area (Å²) in [6, 6.07) is 0. The molecule has 0 unspecified atom stereocenters. The average molecular weight is 1030 g/mol. The molecule has 27 atom stereocenters. The summed E-state index contributed by atoms with van der Waals surface area (Å²) in [7, 11) is 0. The van der Waals surface area contributed by atoms with Crippen LogP contribution in [0.3, 0.4) is 0 Å². The topological polar surface area (TPSA) is 334 Å². The summed E-state index contributed by atoms with van der Waals surface area (Å²) in [6.07, 6.45) is -18.8. The predicted octanol–water partition coefficient (Wildman–Crippen LogP) is -1.00. The zero-order valence-corrected chi connectivity index (χ0v) is 42.3. The SMILES string of the molecule is C[C@H]1O[C@@H](O[C@H]2[C@@H](O[C@H]3CC[C@]4(C)[C@H]5CC=C6[C@@H]7CCCC[C@]7(C(=O)O[C@@H]7O[C@H](CO)[C@@H](O)[C@H](O)[C@H]7O)CC[C@@]6(C)[C@]5(C)CC[C@H]4C3(C)C)OC[C@H](O)[C@@H]2O[C@H]2O[C@H](CO)[C@@H](O)[C@H](O)[C@H]2O)[C@@H](O)[C@@H](O)[C@@H]1O. The molecule has 5 aliphatic carbocycles. The molecule has 4 saturated carbocycles. The maximum atomic E-state index is 14.6. The van der Waals surface area contributed by atoms with Crippen molar-refractivity contribution in [1.29, 1.82) is 0 Å². The van der Waals surface area contributed by atoms with E-state index in [1.807, 2.05) is 0 Å². The molecule has 0 radical (unpaired) electrons. The molecule has 0 spiro atoms. The molecule has 9 aliphatic rings. The number of aliphatic hydroxyl groups is 12. The molecule has 0 amide bonds. The van der Waals surface area contributed by atoms with Gasteiger partial charge in [0.1, 0.15) is 85.5 Å². The molecule has 0 aromatic rings. The highest BCUT2D eigenvalue weighted by Crippen LogP contribution is 2.75. The van der Waals surface area contributed by atoms with Crippen molar-refractivity contribution in [1.82, 2.24) is 0 Å². The molecule has 21 nitrogen and oxygen atoms in total. The minimum atomic E-state index is -1.83. The number of hydrogen-bond acceptors (Lipinski definition) is 21. The van der Waals surface area contributed by atoms with E-state index in [4.69, 9.17) is 37.9 Å². The van der Waals surface area contributed by atoms with Crippen molar-refractivity contribution in [2.45, 2.75) is 235 Å². The van der Waals surface area contributed by atoms with E-state index in [9.17, 15) is 66.1 Å². The quantitative estimate of drug-likeness (QED) is 0.0709. The van der Waals surface area contributed by atoms with Crippen molar-refractivity contribution in [2.75, 3.05) is 19.8 Å². The Morgan fingerprint density at radius 1 is 0.611 bits per heavy atom. The van der Waals surface area contributed by atoms with E-state index in [0.29, 0.717) is 19.3 Å². The number of hydrogen-bond donors (Lipinski definition) is 12. The Bertz CT molecular complexity index is 1960. The van der Waals surface area contributed by atoms with Crippen molar-refractivity contribution in [3.05, 3.63) is 11.6 Å². The summed E-state index contributed by atoms with van der Waals surface area (Å²) in [4.78, 5) is 14.6. The van der Waals surface area contributed by atoms with Crippen LogP contribution in [-0.4, -0.2) is 210 Å². The van der Waals surface area contributed by atoms with Gasteiger partial charge < -0.3 is 99.2 Å². The summed E-state index contributed by atoms with van der Waals surface area (Å²) >= 11 is 0. The number of allylic oxidation sites excluding steroid dienone is 2. The number of ether oxygens (including phenoxy) is 8. The van der Waals surface area contributed by atoms with Gasteiger partial charge in [-0.15, -0.1) is 0 Å². The fourth-order valence-corrected chi connectivity index (χ4v) is 15.9. The lowest BCUT2D eigenvalue weighted by Crippen LogP contribution is -2.67. The number of esters is 1. The van der Waals surface area contributed by atoms with Crippen LogP contribution in [0.5, 0.6) is 0 Å². The molecule has 9 rings (SSSR count). The summed E-state index contributed by atoms with van der Waals surface area (Å²) in [5.41, 5.74) is -0.688. The zero-order valence-electron chi connectivity index (χ0n) is 42.3. The molecule has 0 bridgehead atoms. The standard InChI is InChI=1S/C51H82O21/c1-22-31(55)34(58)37(61)42(66-22)71-41-40(70-43-38(62)35(59)32(56)26(19-52)67-43)25(54)21-65-45(41)69-30-13-15-48(4)28(47(30,2)3)12-16-50(6)29(48)11-10-23-24-9-7-8-14-51(24,18-17-49(23,50)5)46(64)72-44-39(63)36(60)33(57)27(20-53)68-44/h10,22,24-45,52-63H,7-9,11-21H2,1-6H3/t22-,24+,25+,26-,27-,28+,29-,30+,31-,32-,33-,34+,35+,36+,37+,38-,39-,40+,41-,42+,43-,44+,45-,48+,49-,50-,51+/m1/s1. The number of fused-ring (bicyclic) bond motifs is 7. The molecule has 4 aliphatic heterocycles. The molecule has 72 heavy (non-hydrogen) atoms. The Morgan fingerprint density at radius 3 is 1.86 bits per heavy atom. The van der Waals surface area contributed by atoms with Gasteiger partial charge in [-0.25, -0.2) is 0 Å². The average Bonchev–Trinajstić information content (AvgIpc) is 3.35. The monoisotopic (exact) mass is 1030 g/mol. The van der Waals surface area contributed by atoms with E-state index in [1.165, 1.54) is 12.5 Å². The lowest BCUT2D eigenvalue weighted by molar-refractivity contribution is -0.388. The molecule has 12 N–H and O–H groups in total. The van der Waals surface area contributed by atoms with E-state index >= 15 is 0 Å². The van der Waals surface area contributed by atoms with E-state index in [0.717, 1.165) is 51.4 Å². The Morgan fingerprint density at radius 2 is 1.21 bits per heavy atom. The molecule has 21 heteroatoms. The van der Waals surface area contributed by atoms with Gasteiger partial charge in [0.25, 0.3) is 0 Å². The first-order valence-electron chi connectivity index (χ1n) is 26.4. The lowest BCUT2D eigenvalue weighted by Gasteiger charge is -2.71. The molecule has 0 aromatic carbocycles. The summed E-state index contributed by atoms with van der Waals surface area (Å²) in [6.45, 7) is 11.4. The van der Waals surface area contributed by atoms with Gasteiger partial charge in [0.15, 0.2) is 18.9 Å². The van der Waals surface area contributed by atoms with E-state index in [1.54, 1.807) is 0 Å². The fraction of sp³-hybridized carbons (Fsp3) is 0.941. The molecule has 412 valence electrons. The lowest BCUT2D eigenvalue weighted by atomic mass is 9.34. The van der Waals surface area contributed by atoms with Gasteiger partial charge in [0, 0.05) is 0 Å². The molecule has 8 fully saturated rings. The normalized spacial score (nSPS) is 54.5. The third-order valence-corrected chi connectivity index (χ3v) is 20.4. The highest BCUT2D eigenvalue weighted by atomic mass is 16.8. The van der Waals surface area contributed by atoms with Crippen LogP contribution in [0.4, 0.5) is 0 Å². The van der Waals surface area contributed by atoms with Gasteiger partial charge in [-0.2, -0.15) is 0 Å². The summed E-state index contributed by atoms with van der Waals surface area (Å²) in [5, 5.41) is 127. The first-order valence-corrected chi connectivity index (χ1v) is 26.4. The van der Waals surface area contributed by atoms with Crippen LogP contribution < -0.4 is 0 Å². The minimum absolute atomic E-state index is 0.111. The minimum Gasteiger partial charge on any atom is -0.432 e. The highest BCUT2D eigenvalue weighted by Gasteiger charge is 2.70. The first kappa shape index (κ1) is 55.2. The highest BCUT2D eigenvalue weighted by molar-refractivity contribution is 5.79. The van der Waals surface area contributed by atoms with Gasteiger partial charge >= 0.3 is 5.97 Å². The maximum absolute atomic E-state index is 14.6. The Balaban J connectivity index is 0.958. The third-order valence-electron chi connectivity index (χ3n) is 20.4. The van der Waals surface area contributed by atoms with E-state index in [-0.39, 0.29) is 40.6 Å². The van der Waals surface area contributed by atoms with Gasteiger partial charge in [-0.05, 0) is 104 Å². The Labute approximate surface area is 420 Å². The third kappa shape index (κ3) is 8.77. The second-order valence-corrected chi connectivity index (χ2v) is 24.2. The van der Waals surface area contributed by atoms with Crippen LogP contribution in [0.1, 0.15) is 112 Å². The number of rotatable bonds is 10. The first-order chi connectivity index (χ1) is 33.9. The van der Waals surface area contributed by atoms with Crippen LogP contribution >= 0.6 is 0 Å². The second kappa shape index (κ2) is 20.4. The van der Waals surface area contributed by atoms with Gasteiger partial charge in [0.2, 0.25) is 6.29 Å². The van der Waals surface area contributed by atoms with Crippen molar-refractivity contribution in [3.8, 4) is 0 Å². The van der Waals surface area contributed by atoms with Crippen molar-refractivity contribution in [3.63, 3.8) is 0 Å². The predicted molar refractivity (Wildman–Crippen MR) is 246 cm³/mol. The van der Waals surface area contributed by atoms with Gasteiger partial charge in [-0.1, -0.05) is 59.1 Å². The molecule has 0 aromatic heterocycles. The molecule has 4 saturated heterocycles. The molecular formula is C51H82O21.